The fraction of sp³-hybridized carbons (Fsp3) is 0.810. The largest absolute Gasteiger partial charge is 0.477 e. The summed E-state index contributed by atoms with van der Waals surface area (Å²) >= 11 is 0. The van der Waals surface area contributed by atoms with Crippen molar-refractivity contribution in [3.8, 4) is 0 Å². The van der Waals surface area contributed by atoms with Crippen LogP contribution in [0.4, 0.5) is 0 Å². The van der Waals surface area contributed by atoms with Crippen LogP contribution in [0.2, 0.25) is 0 Å². The van der Waals surface area contributed by atoms with Crippen molar-refractivity contribution in [3.63, 3.8) is 0 Å². The van der Waals surface area contributed by atoms with Gasteiger partial charge in [-0.15, -0.1) is 0 Å². The Morgan fingerprint density at radius 3 is 1.27 bits per heavy atom. The molecule has 9 heteroatoms. The Bertz CT molecular complexity index is 1240. The van der Waals surface area contributed by atoms with Crippen LogP contribution in [-0.2, 0) is 33.3 Å². The molecule has 2 atom stereocenters. The van der Waals surface area contributed by atoms with Gasteiger partial charge in [-0.1, -0.05) is 229 Å². The number of esters is 2. The van der Waals surface area contributed by atoms with Crippen LogP contribution < -0.4 is 0 Å². The zero-order valence-corrected chi connectivity index (χ0v) is 44.3. The van der Waals surface area contributed by atoms with Crippen LogP contribution in [0, 0.1) is 0 Å². The van der Waals surface area contributed by atoms with Gasteiger partial charge in [0.25, 0.3) is 6.29 Å². The van der Waals surface area contributed by atoms with E-state index >= 15 is 0 Å². The summed E-state index contributed by atoms with van der Waals surface area (Å²) in [4.78, 5) is 36.9. The molecule has 0 aliphatic rings. The molecule has 0 aromatic carbocycles. The van der Waals surface area contributed by atoms with Crippen LogP contribution in [-0.4, -0.2) is 87.4 Å². The van der Waals surface area contributed by atoms with Gasteiger partial charge in [-0.3, -0.25) is 9.59 Å². The number of carbonyl (C=O) groups is 3. The van der Waals surface area contributed by atoms with Gasteiger partial charge >= 0.3 is 17.9 Å². The third kappa shape index (κ3) is 50.9. The summed E-state index contributed by atoms with van der Waals surface area (Å²) in [5.41, 5.74) is 0. The van der Waals surface area contributed by atoms with Gasteiger partial charge in [-0.2, -0.15) is 0 Å². The molecule has 0 aliphatic heterocycles. The monoisotopic (exact) mass is 945 g/mol. The number of carbonyl (C=O) groups excluding carboxylic acids is 2. The van der Waals surface area contributed by atoms with Crippen molar-refractivity contribution in [1.82, 2.24) is 0 Å². The van der Waals surface area contributed by atoms with Crippen molar-refractivity contribution in [3.05, 3.63) is 48.6 Å². The van der Waals surface area contributed by atoms with E-state index in [1.807, 2.05) is 21.1 Å². The minimum atomic E-state index is -1.50. The van der Waals surface area contributed by atoms with Crippen molar-refractivity contribution in [2.45, 2.75) is 257 Å². The summed E-state index contributed by atoms with van der Waals surface area (Å²) in [7, 11) is 5.95. The summed E-state index contributed by atoms with van der Waals surface area (Å²) in [6, 6.07) is 0. The van der Waals surface area contributed by atoms with Crippen molar-refractivity contribution in [2.24, 2.45) is 0 Å². The number of ether oxygens (including phenoxy) is 4. The maximum atomic E-state index is 12.7. The number of hydrogen-bond acceptors (Lipinski definition) is 7. The number of nitrogens with zero attached hydrogens (tertiary/aromatic N) is 1. The second kappa shape index (κ2) is 49.7. The van der Waals surface area contributed by atoms with Gasteiger partial charge in [-0.05, 0) is 51.4 Å². The van der Waals surface area contributed by atoms with E-state index in [-0.39, 0.29) is 32.2 Å². The fourth-order valence-corrected chi connectivity index (χ4v) is 7.83. The number of hydrogen-bond donors (Lipinski definition) is 1. The lowest BCUT2D eigenvalue weighted by Crippen LogP contribution is -2.40. The predicted molar refractivity (Wildman–Crippen MR) is 281 cm³/mol. The van der Waals surface area contributed by atoms with Gasteiger partial charge in [0.2, 0.25) is 0 Å². The Labute approximate surface area is 412 Å². The molecule has 1 N–H and O–H groups in total. The SMILES string of the molecule is CC/C=C\C/C=C\C/C=C\C/C=C\CCCCCCCCCCCCCCCCCCCCCCCCCCC(=O)OC(COC(=O)CCCCCCC)COC(OCC[N+](C)(C)C)C(=O)O. The van der Waals surface area contributed by atoms with Crippen LogP contribution in [0.1, 0.15) is 245 Å². The third-order valence-corrected chi connectivity index (χ3v) is 12.1. The predicted octanol–water partition coefficient (Wildman–Crippen LogP) is 15.9. The van der Waals surface area contributed by atoms with Crippen molar-refractivity contribution >= 4 is 17.9 Å². The molecule has 0 fully saturated rings. The highest BCUT2D eigenvalue weighted by Crippen LogP contribution is 2.17. The smallest absolute Gasteiger partial charge is 0.361 e. The number of likely N-dealkylation sites (N-methyl/N-ethyl adjacent to an activating group) is 1. The molecular formula is C58H106NO8+. The molecule has 0 aromatic heterocycles. The fourth-order valence-electron chi connectivity index (χ4n) is 7.83. The van der Waals surface area contributed by atoms with Crippen LogP contribution in [0.15, 0.2) is 48.6 Å². The molecule has 0 saturated carbocycles. The average molecular weight is 945 g/mol. The number of carboxylic acid groups (broad SMARTS) is 1. The van der Waals surface area contributed by atoms with E-state index < -0.39 is 24.3 Å². The van der Waals surface area contributed by atoms with Gasteiger partial charge in [0, 0.05) is 12.8 Å². The van der Waals surface area contributed by atoms with Crippen LogP contribution in [0.5, 0.6) is 0 Å². The van der Waals surface area contributed by atoms with Crippen molar-refractivity contribution < 1.29 is 42.9 Å². The molecule has 0 heterocycles. The van der Waals surface area contributed by atoms with E-state index in [0.29, 0.717) is 17.4 Å². The molecule has 0 amide bonds. The first-order chi connectivity index (χ1) is 32.6. The number of unbranched alkanes of at least 4 members (excludes halogenated alkanes) is 28. The Hall–Kier alpha value is -2.75. The van der Waals surface area contributed by atoms with Gasteiger partial charge < -0.3 is 28.5 Å². The normalized spacial score (nSPS) is 13.1. The quantitative estimate of drug-likeness (QED) is 0.0211. The number of quaternary nitrogens is 1. The maximum Gasteiger partial charge on any atom is 0.361 e. The molecule has 0 aliphatic carbocycles. The van der Waals surface area contributed by atoms with Crippen LogP contribution in [0.3, 0.4) is 0 Å². The molecule has 0 spiro atoms. The minimum absolute atomic E-state index is 0.179. The summed E-state index contributed by atoms with van der Waals surface area (Å²) in [5.74, 6) is -2.01. The molecular weight excluding hydrogens is 839 g/mol. The second-order valence-corrected chi connectivity index (χ2v) is 19.9. The van der Waals surface area contributed by atoms with E-state index in [9.17, 15) is 19.5 Å². The standard InChI is InChI=1S/C58H105NO8/c1-6-8-10-12-13-14-15-16-17-18-19-20-21-22-23-24-25-26-27-28-29-30-31-32-33-34-35-36-37-38-39-40-41-42-43-45-47-49-56(61)67-54(52-65-55(60)48-46-44-11-9-7-2)53-66-58(57(62)63)64-51-50-59(3,4)5/h8,10,13-14,16-17,19-20,54,58H,6-7,9,11-12,15,18,21-53H2,1-5H3/p+1/b10-8-,14-13-,17-16-,20-19-. The Kier molecular flexibility index (Phi) is 47.6. The average Bonchev–Trinajstić information content (AvgIpc) is 3.29. The first-order valence-corrected chi connectivity index (χ1v) is 27.8. The van der Waals surface area contributed by atoms with Gasteiger partial charge in [-0.25, -0.2) is 4.79 Å². The molecule has 390 valence electrons. The van der Waals surface area contributed by atoms with Gasteiger partial charge in [0.15, 0.2) is 6.10 Å². The van der Waals surface area contributed by atoms with E-state index in [1.165, 1.54) is 141 Å². The van der Waals surface area contributed by atoms with Gasteiger partial charge in [0.05, 0.1) is 34.4 Å². The Morgan fingerprint density at radius 1 is 0.463 bits per heavy atom. The van der Waals surface area contributed by atoms with E-state index in [2.05, 4.69) is 62.5 Å². The van der Waals surface area contributed by atoms with Crippen LogP contribution in [0.25, 0.3) is 0 Å². The van der Waals surface area contributed by atoms with Gasteiger partial charge in [0.1, 0.15) is 13.2 Å². The zero-order chi connectivity index (χ0) is 49.2. The summed E-state index contributed by atoms with van der Waals surface area (Å²) in [6.45, 7) is 4.68. The number of aliphatic carboxylic acids is 1. The zero-order valence-electron chi connectivity index (χ0n) is 44.3. The highest BCUT2D eigenvalue weighted by atomic mass is 16.7. The summed E-state index contributed by atoms with van der Waals surface area (Å²) in [6.07, 6.45) is 58.4. The number of carboxylic acids is 1. The number of allylic oxidation sites excluding steroid dienone is 8. The first-order valence-electron chi connectivity index (χ1n) is 27.8. The third-order valence-electron chi connectivity index (χ3n) is 12.1. The molecule has 2 unspecified atom stereocenters. The van der Waals surface area contributed by atoms with E-state index in [4.69, 9.17) is 18.9 Å². The first kappa shape index (κ1) is 64.2. The lowest BCUT2D eigenvalue weighted by atomic mass is 10.0. The molecule has 0 saturated heterocycles. The second-order valence-electron chi connectivity index (χ2n) is 19.9. The van der Waals surface area contributed by atoms with E-state index in [0.717, 1.165) is 77.0 Å². The summed E-state index contributed by atoms with van der Waals surface area (Å²) in [5, 5.41) is 9.61. The molecule has 9 nitrogen and oxygen atoms in total. The highest BCUT2D eigenvalue weighted by Gasteiger charge is 2.25. The molecule has 0 bridgehead atoms. The number of rotatable bonds is 51. The van der Waals surface area contributed by atoms with Crippen molar-refractivity contribution in [1.29, 1.82) is 0 Å². The van der Waals surface area contributed by atoms with Crippen molar-refractivity contribution in [2.75, 3.05) is 47.5 Å². The lowest BCUT2D eigenvalue weighted by molar-refractivity contribution is -0.870. The molecule has 0 aromatic rings. The van der Waals surface area contributed by atoms with Crippen LogP contribution >= 0.6 is 0 Å². The Morgan fingerprint density at radius 2 is 0.851 bits per heavy atom. The molecule has 0 rings (SSSR count). The maximum absolute atomic E-state index is 12.7. The highest BCUT2D eigenvalue weighted by molar-refractivity contribution is 5.71. The van der Waals surface area contributed by atoms with E-state index in [1.54, 1.807) is 0 Å². The lowest BCUT2D eigenvalue weighted by Gasteiger charge is -2.25. The summed E-state index contributed by atoms with van der Waals surface area (Å²) < 4.78 is 22.6. The molecule has 0 radical (unpaired) electrons. The molecule has 67 heavy (non-hydrogen) atoms. The topological polar surface area (TPSA) is 108 Å². The minimum Gasteiger partial charge on any atom is -0.477 e. The Balaban J connectivity index is 3.81.